The van der Waals surface area contributed by atoms with E-state index in [1.165, 1.54) is 39.8 Å². The van der Waals surface area contributed by atoms with Crippen LogP contribution in [-0.4, -0.2) is 33.4 Å². The average Bonchev–Trinajstić information content (AvgIpc) is 2.26. The monoisotopic (exact) mass is 320 g/mol. The second kappa shape index (κ2) is 5.13. The largest absolute Gasteiger partial charge is 0.264 e. The van der Waals surface area contributed by atoms with Crippen LogP contribution in [0.3, 0.4) is 0 Å². The van der Waals surface area contributed by atoms with Gasteiger partial charge in [-0.15, -0.1) is 0 Å². The van der Waals surface area contributed by atoms with Gasteiger partial charge < -0.3 is 0 Å². The van der Waals surface area contributed by atoms with Gasteiger partial charge in [0.2, 0.25) is 0 Å². The molecule has 0 unspecified atom stereocenters. The van der Waals surface area contributed by atoms with Crippen LogP contribution in [0.15, 0.2) is 35.2 Å². The zero-order chi connectivity index (χ0) is 15.8. The van der Waals surface area contributed by atoms with Gasteiger partial charge in [0.05, 0.1) is 11.2 Å². The molecule has 0 N–H and O–H groups in total. The van der Waals surface area contributed by atoms with E-state index < -0.39 is 30.3 Å². The summed E-state index contributed by atoms with van der Waals surface area (Å²) in [6.45, 7) is 5.82. The third kappa shape index (κ3) is 3.21. The smallest absolute Gasteiger partial charge is 0.263 e. The molecule has 0 radical (unpaired) electrons. The SMILES string of the molecule is CC(C)(OS(C)(=O)=O)C(C)(C)S(=O)(=O)c1ccccc1. The minimum absolute atomic E-state index is 0.134. The normalized spacial score (nSPS) is 14.2. The maximum absolute atomic E-state index is 12.7. The summed E-state index contributed by atoms with van der Waals surface area (Å²) >= 11 is 0. The van der Waals surface area contributed by atoms with E-state index in [2.05, 4.69) is 0 Å². The molecule has 1 aromatic carbocycles. The van der Waals surface area contributed by atoms with Crippen molar-refractivity contribution >= 4 is 20.0 Å². The lowest BCUT2D eigenvalue weighted by Gasteiger charge is -2.39. The van der Waals surface area contributed by atoms with Gasteiger partial charge in [-0.3, -0.25) is 4.18 Å². The second-order valence-electron chi connectivity index (χ2n) is 5.62. The molecular formula is C13H20O5S2. The number of rotatable bonds is 5. The van der Waals surface area contributed by atoms with Crippen molar-refractivity contribution in [1.82, 2.24) is 0 Å². The fourth-order valence-electron chi connectivity index (χ4n) is 1.70. The molecule has 0 aliphatic rings. The topological polar surface area (TPSA) is 77.5 Å². The first kappa shape index (κ1) is 17.1. The Morgan fingerprint density at radius 2 is 1.35 bits per heavy atom. The average molecular weight is 320 g/mol. The molecule has 0 fully saturated rings. The van der Waals surface area contributed by atoms with Crippen molar-refractivity contribution in [3.8, 4) is 0 Å². The minimum atomic E-state index is -3.77. The third-order valence-corrected chi connectivity index (χ3v) is 6.98. The van der Waals surface area contributed by atoms with E-state index in [-0.39, 0.29) is 4.90 Å². The Kier molecular flexibility index (Phi) is 4.39. The Labute approximate surface area is 121 Å². The molecule has 0 amide bonds. The van der Waals surface area contributed by atoms with Crippen molar-refractivity contribution in [1.29, 1.82) is 0 Å². The number of benzene rings is 1. The molecule has 5 nitrogen and oxygen atoms in total. The van der Waals surface area contributed by atoms with Gasteiger partial charge in [0.1, 0.15) is 10.3 Å². The van der Waals surface area contributed by atoms with E-state index in [1.807, 2.05) is 0 Å². The first-order chi connectivity index (χ1) is 8.81. The summed E-state index contributed by atoms with van der Waals surface area (Å²) in [5.74, 6) is 0. The number of sulfone groups is 1. The molecule has 0 bridgehead atoms. The van der Waals surface area contributed by atoms with Gasteiger partial charge in [-0.05, 0) is 39.8 Å². The van der Waals surface area contributed by atoms with Gasteiger partial charge in [0.15, 0.2) is 9.84 Å². The molecule has 0 aliphatic heterocycles. The molecule has 1 aromatic rings. The maximum Gasteiger partial charge on any atom is 0.264 e. The Morgan fingerprint density at radius 1 is 0.900 bits per heavy atom. The molecule has 0 saturated heterocycles. The molecule has 0 heterocycles. The van der Waals surface area contributed by atoms with Gasteiger partial charge in [-0.2, -0.15) is 8.42 Å². The van der Waals surface area contributed by atoms with Crippen LogP contribution in [-0.2, 0) is 24.1 Å². The minimum Gasteiger partial charge on any atom is -0.263 e. The highest BCUT2D eigenvalue weighted by atomic mass is 32.2. The molecule has 0 saturated carbocycles. The van der Waals surface area contributed by atoms with Crippen LogP contribution in [0, 0.1) is 0 Å². The Bertz CT molecular complexity index is 671. The van der Waals surface area contributed by atoms with Crippen LogP contribution in [0.5, 0.6) is 0 Å². The van der Waals surface area contributed by atoms with Gasteiger partial charge in [-0.1, -0.05) is 18.2 Å². The third-order valence-electron chi connectivity index (χ3n) is 3.53. The van der Waals surface area contributed by atoms with Crippen molar-refractivity contribution in [2.75, 3.05) is 6.26 Å². The Morgan fingerprint density at radius 3 is 1.75 bits per heavy atom. The molecule has 0 spiro atoms. The molecular weight excluding hydrogens is 300 g/mol. The van der Waals surface area contributed by atoms with Crippen LogP contribution in [0.2, 0.25) is 0 Å². The van der Waals surface area contributed by atoms with Gasteiger partial charge in [-0.25, -0.2) is 8.42 Å². The maximum atomic E-state index is 12.7. The number of hydrogen-bond donors (Lipinski definition) is 0. The summed E-state index contributed by atoms with van der Waals surface area (Å²) in [6.07, 6.45) is 0.903. The highest BCUT2D eigenvalue weighted by Gasteiger charge is 2.50. The standard InChI is InChI=1S/C13H20O5S2/c1-12(2,18-19(5,14)15)13(3,4)20(16,17)11-9-7-6-8-10-11/h6-10H,1-5H3. The second-order valence-corrected chi connectivity index (χ2v) is 9.70. The van der Waals surface area contributed by atoms with Crippen LogP contribution in [0.25, 0.3) is 0 Å². The first-order valence-electron chi connectivity index (χ1n) is 6.01. The Balaban J connectivity index is 3.36. The fourth-order valence-corrected chi connectivity index (χ4v) is 4.51. The van der Waals surface area contributed by atoms with Crippen molar-refractivity contribution in [2.24, 2.45) is 0 Å². The molecule has 20 heavy (non-hydrogen) atoms. The Hall–Kier alpha value is -0.920. The molecule has 0 atom stereocenters. The van der Waals surface area contributed by atoms with Crippen LogP contribution in [0.1, 0.15) is 27.7 Å². The zero-order valence-electron chi connectivity index (χ0n) is 12.2. The summed E-state index contributed by atoms with van der Waals surface area (Å²) < 4.78 is 51.7. The molecule has 1 rings (SSSR count). The summed E-state index contributed by atoms with van der Waals surface area (Å²) in [5.41, 5.74) is -1.41. The highest BCUT2D eigenvalue weighted by Crippen LogP contribution is 2.37. The van der Waals surface area contributed by atoms with Gasteiger partial charge in [0, 0.05) is 0 Å². The zero-order valence-corrected chi connectivity index (χ0v) is 13.9. The summed E-state index contributed by atoms with van der Waals surface area (Å²) in [5, 5.41) is 0. The van der Waals surface area contributed by atoms with E-state index in [0.29, 0.717) is 0 Å². The van der Waals surface area contributed by atoms with Gasteiger partial charge >= 0.3 is 0 Å². The summed E-state index contributed by atoms with van der Waals surface area (Å²) in [4.78, 5) is 0.134. The van der Waals surface area contributed by atoms with E-state index in [4.69, 9.17) is 4.18 Å². The summed E-state index contributed by atoms with van der Waals surface area (Å²) in [6, 6.07) is 7.91. The predicted molar refractivity (Wildman–Crippen MR) is 77.7 cm³/mol. The van der Waals surface area contributed by atoms with E-state index in [0.717, 1.165) is 6.26 Å². The number of hydrogen-bond acceptors (Lipinski definition) is 5. The van der Waals surface area contributed by atoms with Crippen molar-refractivity contribution in [3.05, 3.63) is 30.3 Å². The molecule has 0 aromatic heterocycles. The highest BCUT2D eigenvalue weighted by molar-refractivity contribution is 7.93. The van der Waals surface area contributed by atoms with E-state index >= 15 is 0 Å². The molecule has 0 aliphatic carbocycles. The molecule has 114 valence electrons. The summed E-state index contributed by atoms with van der Waals surface area (Å²) in [7, 11) is -7.53. The first-order valence-corrected chi connectivity index (χ1v) is 9.31. The molecule has 7 heteroatoms. The predicted octanol–water partition coefficient (Wildman–Crippen LogP) is 1.99. The lowest BCUT2D eigenvalue weighted by Crippen LogP contribution is -2.53. The quantitative estimate of drug-likeness (QED) is 0.775. The van der Waals surface area contributed by atoms with E-state index in [1.54, 1.807) is 18.2 Å². The fraction of sp³-hybridized carbons (Fsp3) is 0.538. The van der Waals surface area contributed by atoms with Crippen molar-refractivity contribution in [2.45, 2.75) is 42.9 Å². The van der Waals surface area contributed by atoms with E-state index in [9.17, 15) is 16.8 Å². The van der Waals surface area contributed by atoms with Crippen molar-refractivity contribution in [3.63, 3.8) is 0 Å². The van der Waals surface area contributed by atoms with Crippen LogP contribution in [0.4, 0.5) is 0 Å². The van der Waals surface area contributed by atoms with Crippen LogP contribution >= 0.6 is 0 Å². The van der Waals surface area contributed by atoms with Crippen LogP contribution < -0.4 is 0 Å². The lowest BCUT2D eigenvalue weighted by molar-refractivity contribution is 0.0817. The van der Waals surface area contributed by atoms with Gasteiger partial charge in [0.25, 0.3) is 10.1 Å². The lowest BCUT2D eigenvalue weighted by atomic mass is 9.94. The van der Waals surface area contributed by atoms with Crippen molar-refractivity contribution < 1.29 is 21.0 Å².